The van der Waals surface area contributed by atoms with E-state index in [9.17, 15) is 4.79 Å². The number of fused-ring (bicyclic) bond motifs is 1. The number of amides is 1. The average Bonchev–Trinajstić information content (AvgIpc) is 2.94. The zero-order chi connectivity index (χ0) is 24.7. The molecule has 1 N–H and O–H groups in total. The van der Waals surface area contributed by atoms with Gasteiger partial charge in [0, 0.05) is 40.6 Å². The fraction of sp³-hybridized carbons (Fsp3) is 0.100. The third-order valence-corrected chi connectivity index (χ3v) is 5.89. The second-order valence-electron chi connectivity index (χ2n) is 8.16. The Hall–Kier alpha value is -4.71. The highest BCUT2D eigenvalue weighted by Gasteiger charge is 2.31. The first-order chi connectivity index (χ1) is 17.7. The fourth-order valence-electron chi connectivity index (χ4n) is 4.24. The summed E-state index contributed by atoms with van der Waals surface area (Å²) in [4.78, 5) is 16.5. The minimum atomic E-state index is -0.315. The Morgan fingerprint density at radius 1 is 0.972 bits per heavy atom. The summed E-state index contributed by atoms with van der Waals surface area (Å²) in [6, 6.07) is 29.3. The SMILES string of the molecule is CCOc1ccc(C2=C(/C=N/NC(=O)c3ccncc3)C(c3ccccc3)c3ccccc3O2)cc1. The number of aromatic nitrogens is 1. The summed E-state index contributed by atoms with van der Waals surface area (Å²) in [5.74, 6) is 1.79. The van der Waals surface area contributed by atoms with Gasteiger partial charge in [-0.25, -0.2) is 5.43 Å². The highest BCUT2D eigenvalue weighted by Crippen LogP contribution is 2.45. The predicted octanol–water partition coefficient (Wildman–Crippen LogP) is 5.83. The molecule has 0 aliphatic carbocycles. The summed E-state index contributed by atoms with van der Waals surface area (Å²) in [5.41, 5.74) is 6.95. The lowest BCUT2D eigenvalue weighted by atomic mass is 9.81. The van der Waals surface area contributed by atoms with Crippen LogP contribution in [0.2, 0.25) is 0 Å². The minimum absolute atomic E-state index is 0.140. The van der Waals surface area contributed by atoms with Crippen LogP contribution in [0.15, 0.2) is 114 Å². The fourth-order valence-corrected chi connectivity index (χ4v) is 4.24. The lowest BCUT2D eigenvalue weighted by Gasteiger charge is -2.30. The number of ether oxygens (including phenoxy) is 2. The molecule has 1 atom stereocenters. The second kappa shape index (κ2) is 10.7. The molecule has 3 aromatic carbocycles. The molecule has 1 aliphatic heterocycles. The third-order valence-electron chi connectivity index (χ3n) is 5.89. The standard InChI is InChI=1S/C30H25N3O3/c1-2-35-24-14-12-22(13-15-24)29-26(20-32-33-30(34)23-16-18-31-19-17-23)28(21-8-4-3-5-9-21)25-10-6-7-11-27(25)36-29/h3-20,28H,2H2,1H3,(H,33,34)/b32-20+. The van der Waals surface area contributed by atoms with Crippen molar-refractivity contribution in [2.45, 2.75) is 12.8 Å². The third kappa shape index (κ3) is 4.88. The van der Waals surface area contributed by atoms with Crippen LogP contribution in [0.3, 0.4) is 0 Å². The van der Waals surface area contributed by atoms with E-state index in [1.54, 1.807) is 30.7 Å². The van der Waals surface area contributed by atoms with Crippen molar-refractivity contribution >= 4 is 17.9 Å². The van der Waals surface area contributed by atoms with Gasteiger partial charge in [-0.15, -0.1) is 0 Å². The Morgan fingerprint density at radius 2 is 1.69 bits per heavy atom. The molecule has 5 rings (SSSR count). The van der Waals surface area contributed by atoms with Gasteiger partial charge in [0.15, 0.2) is 0 Å². The van der Waals surface area contributed by atoms with Gasteiger partial charge in [-0.2, -0.15) is 5.10 Å². The topological polar surface area (TPSA) is 72.8 Å². The minimum Gasteiger partial charge on any atom is -0.494 e. The maximum Gasteiger partial charge on any atom is 0.271 e. The largest absolute Gasteiger partial charge is 0.494 e. The summed E-state index contributed by atoms with van der Waals surface area (Å²) in [5, 5.41) is 4.34. The molecule has 1 unspecified atom stereocenters. The Kier molecular flexibility index (Phi) is 6.85. The van der Waals surface area contributed by atoms with Crippen LogP contribution in [0.25, 0.3) is 5.76 Å². The molecule has 1 aromatic heterocycles. The van der Waals surface area contributed by atoms with Crippen LogP contribution in [0.4, 0.5) is 0 Å². The molecule has 6 heteroatoms. The molecule has 0 spiro atoms. The molecule has 2 heterocycles. The maximum absolute atomic E-state index is 12.6. The second-order valence-corrected chi connectivity index (χ2v) is 8.16. The zero-order valence-electron chi connectivity index (χ0n) is 19.8. The molecule has 1 aliphatic rings. The predicted molar refractivity (Wildman–Crippen MR) is 140 cm³/mol. The van der Waals surface area contributed by atoms with Crippen LogP contribution in [-0.4, -0.2) is 23.7 Å². The van der Waals surface area contributed by atoms with E-state index in [0.717, 1.165) is 33.8 Å². The van der Waals surface area contributed by atoms with E-state index >= 15 is 0 Å². The lowest BCUT2D eigenvalue weighted by molar-refractivity contribution is 0.0955. The van der Waals surface area contributed by atoms with E-state index in [-0.39, 0.29) is 11.8 Å². The van der Waals surface area contributed by atoms with Gasteiger partial charge in [-0.3, -0.25) is 9.78 Å². The summed E-state index contributed by atoms with van der Waals surface area (Å²) >= 11 is 0. The van der Waals surface area contributed by atoms with Crippen molar-refractivity contribution in [1.29, 1.82) is 0 Å². The summed E-state index contributed by atoms with van der Waals surface area (Å²) in [6.07, 6.45) is 4.82. The first-order valence-corrected chi connectivity index (χ1v) is 11.8. The number of benzene rings is 3. The molecule has 1 amide bonds. The van der Waals surface area contributed by atoms with Gasteiger partial charge < -0.3 is 9.47 Å². The van der Waals surface area contributed by atoms with E-state index in [1.807, 2.05) is 67.6 Å². The van der Waals surface area contributed by atoms with Crippen LogP contribution < -0.4 is 14.9 Å². The van der Waals surface area contributed by atoms with Gasteiger partial charge in [-0.1, -0.05) is 48.5 Å². The number of hydrogen-bond donors (Lipinski definition) is 1. The molecule has 0 bridgehead atoms. The van der Waals surface area contributed by atoms with E-state index in [0.29, 0.717) is 17.9 Å². The number of para-hydroxylation sites is 1. The smallest absolute Gasteiger partial charge is 0.271 e. The number of pyridine rings is 1. The van der Waals surface area contributed by atoms with E-state index in [2.05, 4.69) is 33.7 Å². The Balaban J connectivity index is 1.59. The van der Waals surface area contributed by atoms with Crippen LogP contribution in [0.1, 0.15) is 39.9 Å². The zero-order valence-corrected chi connectivity index (χ0v) is 19.8. The molecule has 0 fully saturated rings. The van der Waals surface area contributed by atoms with Gasteiger partial charge >= 0.3 is 0 Å². The molecule has 36 heavy (non-hydrogen) atoms. The van der Waals surface area contributed by atoms with Gasteiger partial charge in [0.2, 0.25) is 0 Å². The summed E-state index contributed by atoms with van der Waals surface area (Å²) in [6.45, 7) is 2.55. The van der Waals surface area contributed by atoms with E-state index in [4.69, 9.17) is 9.47 Å². The number of nitrogens with one attached hydrogen (secondary N) is 1. The van der Waals surface area contributed by atoms with Gasteiger partial charge in [0.05, 0.1) is 12.8 Å². The molecule has 0 radical (unpaired) electrons. The quantitative estimate of drug-likeness (QED) is 0.270. The van der Waals surface area contributed by atoms with Gasteiger partial charge in [0.25, 0.3) is 5.91 Å². The van der Waals surface area contributed by atoms with Crippen LogP contribution in [0, 0.1) is 0 Å². The first-order valence-electron chi connectivity index (χ1n) is 11.8. The lowest BCUT2D eigenvalue weighted by Crippen LogP contribution is -2.21. The Morgan fingerprint density at radius 3 is 2.44 bits per heavy atom. The molecular formula is C30H25N3O3. The van der Waals surface area contributed by atoms with E-state index < -0.39 is 0 Å². The van der Waals surface area contributed by atoms with Crippen LogP contribution >= 0.6 is 0 Å². The maximum atomic E-state index is 12.6. The van der Waals surface area contributed by atoms with Crippen molar-refractivity contribution in [2.24, 2.45) is 5.10 Å². The number of rotatable bonds is 7. The molecule has 0 saturated heterocycles. The Labute approximate surface area is 209 Å². The van der Waals surface area contributed by atoms with Crippen molar-refractivity contribution in [3.8, 4) is 11.5 Å². The highest BCUT2D eigenvalue weighted by molar-refractivity contribution is 5.97. The number of hydrazone groups is 1. The summed E-state index contributed by atoms with van der Waals surface area (Å²) < 4.78 is 12.1. The summed E-state index contributed by atoms with van der Waals surface area (Å²) in [7, 11) is 0. The van der Waals surface area contributed by atoms with Crippen molar-refractivity contribution in [3.63, 3.8) is 0 Å². The van der Waals surface area contributed by atoms with Crippen LogP contribution in [0.5, 0.6) is 11.5 Å². The number of nitrogens with zero attached hydrogens (tertiary/aromatic N) is 2. The normalized spacial score (nSPS) is 14.8. The average molecular weight is 476 g/mol. The van der Waals surface area contributed by atoms with Gasteiger partial charge in [-0.05, 0) is 55.0 Å². The number of hydrogen-bond acceptors (Lipinski definition) is 5. The molecule has 4 aromatic rings. The van der Waals surface area contributed by atoms with Crippen molar-refractivity contribution < 1.29 is 14.3 Å². The van der Waals surface area contributed by atoms with Crippen molar-refractivity contribution in [1.82, 2.24) is 10.4 Å². The van der Waals surface area contributed by atoms with Crippen molar-refractivity contribution in [2.75, 3.05) is 6.61 Å². The molecular weight excluding hydrogens is 450 g/mol. The van der Waals surface area contributed by atoms with Gasteiger partial charge in [0.1, 0.15) is 17.3 Å². The number of carbonyl (C=O) groups is 1. The van der Waals surface area contributed by atoms with E-state index in [1.165, 1.54) is 0 Å². The number of allylic oxidation sites excluding steroid dienone is 1. The first kappa shape index (κ1) is 23.1. The highest BCUT2D eigenvalue weighted by atomic mass is 16.5. The van der Waals surface area contributed by atoms with Crippen LogP contribution in [-0.2, 0) is 0 Å². The molecule has 178 valence electrons. The Bertz CT molecular complexity index is 1400. The number of carbonyl (C=O) groups excluding carboxylic acids is 1. The molecule has 0 saturated carbocycles. The molecule has 6 nitrogen and oxygen atoms in total. The monoisotopic (exact) mass is 475 g/mol. The van der Waals surface area contributed by atoms with Crippen molar-refractivity contribution in [3.05, 3.63) is 131 Å².